The molecule has 0 saturated carbocycles. The van der Waals surface area contributed by atoms with Gasteiger partial charge in [0.05, 0.1) is 22.6 Å². The van der Waals surface area contributed by atoms with E-state index >= 15 is 0 Å². The summed E-state index contributed by atoms with van der Waals surface area (Å²) in [6, 6.07) is 9.78. The number of esters is 1. The van der Waals surface area contributed by atoms with Crippen LogP contribution in [-0.4, -0.2) is 23.9 Å². The molecule has 9 heteroatoms. The molecule has 1 heterocycles. The molecule has 1 aromatic heterocycles. The van der Waals surface area contributed by atoms with Crippen molar-refractivity contribution in [2.75, 3.05) is 12.4 Å². The first kappa shape index (κ1) is 22.0. The van der Waals surface area contributed by atoms with Crippen LogP contribution in [0.1, 0.15) is 44.7 Å². The summed E-state index contributed by atoms with van der Waals surface area (Å²) >= 11 is 7.28. The van der Waals surface area contributed by atoms with Crippen LogP contribution < -0.4 is 5.32 Å². The number of hydrogen-bond donors (Lipinski definition) is 1. The normalized spacial score (nSPS) is 12.7. The zero-order valence-electron chi connectivity index (χ0n) is 17.1. The van der Waals surface area contributed by atoms with Gasteiger partial charge in [0, 0.05) is 23.1 Å². The molecule has 0 spiro atoms. The standard InChI is InChI=1S/C23H19ClN2O5S/c1-31-23(28)20-18(15-7-6-13-4-2-3-5-14(13)10-15)12-32-22(20)25-21(27)17-9-8-16(26(29)30)11-19(17)24/h6-12H,2-5H2,1H3,(H,25,27). The van der Waals surface area contributed by atoms with E-state index in [1.54, 1.807) is 0 Å². The van der Waals surface area contributed by atoms with Gasteiger partial charge in [0.25, 0.3) is 11.6 Å². The Balaban J connectivity index is 1.68. The number of hydrogen-bond acceptors (Lipinski definition) is 6. The summed E-state index contributed by atoms with van der Waals surface area (Å²) in [6.45, 7) is 0. The minimum absolute atomic E-state index is 0.0530. The molecule has 0 saturated heterocycles. The first-order valence-corrected chi connectivity index (χ1v) is 11.2. The number of nitrogens with zero attached hydrogens (tertiary/aromatic N) is 1. The van der Waals surface area contributed by atoms with Gasteiger partial charge in [0.2, 0.25) is 0 Å². The number of nitro benzene ring substituents is 1. The second-order valence-corrected chi connectivity index (χ2v) is 8.70. The summed E-state index contributed by atoms with van der Waals surface area (Å²) in [5.74, 6) is -1.14. The minimum Gasteiger partial charge on any atom is -0.465 e. The maximum Gasteiger partial charge on any atom is 0.341 e. The highest BCUT2D eigenvalue weighted by atomic mass is 35.5. The third-order valence-corrected chi connectivity index (χ3v) is 6.68. The number of thiophene rings is 1. The number of ether oxygens (including phenoxy) is 1. The number of methoxy groups -OCH3 is 1. The van der Waals surface area contributed by atoms with Crippen molar-refractivity contribution in [3.8, 4) is 11.1 Å². The summed E-state index contributed by atoms with van der Waals surface area (Å²) < 4.78 is 4.98. The largest absolute Gasteiger partial charge is 0.465 e. The van der Waals surface area contributed by atoms with Crippen LogP contribution >= 0.6 is 22.9 Å². The van der Waals surface area contributed by atoms with E-state index in [0.717, 1.165) is 30.9 Å². The number of non-ortho nitro benzene ring substituents is 1. The number of aryl methyl sites for hydroxylation is 2. The molecule has 32 heavy (non-hydrogen) atoms. The van der Waals surface area contributed by atoms with Gasteiger partial charge in [-0.15, -0.1) is 11.3 Å². The number of nitro groups is 1. The van der Waals surface area contributed by atoms with Gasteiger partial charge in [-0.3, -0.25) is 14.9 Å². The quantitative estimate of drug-likeness (QED) is 0.284. The second-order valence-electron chi connectivity index (χ2n) is 7.41. The molecule has 2 aromatic carbocycles. The monoisotopic (exact) mass is 470 g/mol. The molecule has 0 fully saturated rings. The van der Waals surface area contributed by atoms with E-state index in [4.69, 9.17) is 16.3 Å². The zero-order chi connectivity index (χ0) is 22.8. The van der Waals surface area contributed by atoms with Crippen LogP contribution in [0, 0.1) is 10.1 Å². The van der Waals surface area contributed by atoms with E-state index in [9.17, 15) is 19.7 Å². The molecule has 4 rings (SSSR count). The Morgan fingerprint density at radius 3 is 2.56 bits per heavy atom. The lowest BCUT2D eigenvalue weighted by molar-refractivity contribution is -0.384. The fourth-order valence-corrected chi connectivity index (χ4v) is 5.05. The lowest BCUT2D eigenvalue weighted by Gasteiger charge is -2.16. The number of benzene rings is 2. The van der Waals surface area contributed by atoms with Crippen molar-refractivity contribution in [1.29, 1.82) is 0 Å². The highest BCUT2D eigenvalue weighted by Gasteiger charge is 2.24. The van der Waals surface area contributed by atoms with E-state index in [0.29, 0.717) is 10.6 Å². The smallest absolute Gasteiger partial charge is 0.341 e. The average molecular weight is 471 g/mol. The lowest BCUT2D eigenvalue weighted by atomic mass is 9.89. The maximum atomic E-state index is 12.8. The molecule has 0 unspecified atom stereocenters. The molecule has 0 radical (unpaired) electrons. The maximum absolute atomic E-state index is 12.8. The van der Waals surface area contributed by atoms with Gasteiger partial charge in [0.1, 0.15) is 10.6 Å². The lowest BCUT2D eigenvalue weighted by Crippen LogP contribution is -2.15. The van der Waals surface area contributed by atoms with Crippen molar-refractivity contribution in [3.05, 3.63) is 79.2 Å². The van der Waals surface area contributed by atoms with E-state index in [-0.39, 0.29) is 21.8 Å². The van der Waals surface area contributed by atoms with Gasteiger partial charge >= 0.3 is 5.97 Å². The number of amides is 1. The topological polar surface area (TPSA) is 98.5 Å². The number of nitrogens with one attached hydrogen (secondary N) is 1. The summed E-state index contributed by atoms with van der Waals surface area (Å²) in [5, 5.41) is 15.7. The van der Waals surface area contributed by atoms with Crippen molar-refractivity contribution >= 4 is 45.5 Å². The molecule has 1 amide bonds. The van der Waals surface area contributed by atoms with E-state index in [1.165, 1.54) is 48.1 Å². The predicted octanol–water partition coefficient (Wildman–Crippen LogP) is 5.89. The highest BCUT2D eigenvalue weighted by Crippen LogP contribution is 2.38. The number of carbonyl (C=O) groups excluding carboxylic acids is 2. The van der Waals surface area contributed by atoms with Crippen molar-refractivity contribution in [3.63, 3.8) is 0 Å². The van der Waals surface area contributed by atoms with Gasteiger partial charge in [-0.25, -0.2) is 4.79 Å². The van der Waals surface area contributed by atoms with Gasteiger partial charge < -0.3 is 10.1 Å². The van der Waals surface area contributed by atoms with Crippen LogP contribution in [0.2, 0.25) is 5.02 Å². The van der Waals surface area contributed by atoms with Crippen LogP contribution in [0.25, 0.3) is 11.1 Å². The summed E-state index contributed by atoms with van der Waals surface area (Å²) in [6.07, 6.45) is 4.38. The molecule has 1 aliphatic rings. The first-order valence-electron chi connectivity index (χ1n) is 9.96. The minimum atomic E-state index is -0.590. The molecular weight excluding hydrogens is 452 g/mol. The fourth-order valence-electron chi connectivity index (χ4n) is 3.84. The number of halogens is 1. The van der Waals surface area contributed by atoms with Crippen molar-refractivity contribution in [2.24, 2.45) is 0 Å². The number of rotatable bonds is 5. The zero-order valence-corrected chi connectivity index (χ0v) is 18.7. The second kappa shape index (κ2) is 9.10. The van der Waals surface area contributed by atoms with Gasteiger partial charge in [-0.05, 0) is 48.4 Å². The van der Waals surface area contributed by atoms with E-state index in [1.807, 2.05) is 11.4 Å². The number of carbonyl (C=O) groups is 2. The van der Waals surface area contributed by atoms with Crippen LogP contribution in [-0.2, 0) is 17.6 Å². The third-order valence-electron chi connectivity index (χ3n) is 5.48. The van der Waals surface area contributed by atoms with E-state index in [2.05, 4.69) is 17.4 Å². The number of fused-ring (bicyclic) bond motifs is 1. The summed E-state index contributed by atoms with van der Waals surface area (Å²) in [7, 11) is 1.29. The summed E-state index contributed by atoms with van der Waals surface area (Å²) in [4.78, 5) is 35.7. The predicted molar refractivity (Wildman–Crippen MR) is 124 cm³/mol. The molecule has 1 aliphatic carbocycles. The average Bonchev–Trinajstić information content (AvgIpc) is 3.21. The molecule has 1 N–H and O–H groups in total. The Morgan fingerprint density at radius 1 is 1.12 bits per heavy atom. The number of anilines is 1. The molecule has 0 aliphatic heterocycles. The van der Waals surface area contributed by atoms with Crippen LogP contribution in [0.15, 0.2) is 41.8 Å². The van der Waals surface area contributed by atoms with Crippen molar-refractivity contribution in [1.82, 2.24) is 0 Å². The SMILES string of the molecule is COC(=O)c1c(-c2ccc3c(c2)CCCC3)csc1NC(=O)c1ccc([N+](=O)[O-])cc1Cl. The van der Waals surface area contributed by atoms with Crippen LogP contribution in [0.5, 0.6) is 0 Å². The van der Waals surface area contributed by atoms with Gasteiger partial charge in [-0.1, -0.05) is 29.8 Å². The Kier molecular flexibility index (Phi) is 6.25. The fraction of sp³-hybridized carbons (Fsp3) is 0.217. The molecular formula is C23H19ClN2O5S. The molecule has 164 valence electrons. The third kappa shape index (κ3) is 4.24. The Bertz CT molecular complexity index is 1240. The van der Waals surface area contributed by atoms with Crippen molar-refractivity contribution < 1.29 is 19.2 Å². The Morgan fingerprint density at radius 2 is 1.88 bits per heavy atom. The highest BCUT2D eigenvalue weighted by molar-refractivity contribution is 7.15. The van der Waals surface area contributed by atoms with E-state index < -0.39 is 16.8 Å². The van der Waals surface area contributed by atoms with Crippen LogP contribution in [0.4, 0.5) is 10.7 Å². The Hall–Kier alpha value is -3.23. The Labute approximate surface area is 193 Å². The molecule has 3 aromatic rings. The van der Waals surface area contributed by atoms with Gasteiger partial charge in [-0.2, -0.15) is 0 Å². The summed E-state index contributed by atoms with van der Waals surface area (Å²) in [5.41, 5.74) is 4.29. The molecule has 7 nitrogen and oxygen atoms in total. The molecule has 0 atom stereocenters. The van der Waals surface area contributed by atoms with Crippen molar-refractivity contribution in [2.45, 2.75) is 25.7 Å². The molecule has 0 bridgehead atoms. The van der Waals surface area contributed by atoms with Crippen LogP contribution in [0.3, 0.4) is 0 Å². The van der Waals surface area contributed by atoms with Gasteiger partial charge in [0.15, 0.2) is 0 Å². The first-order chi connectivity index (χ1) is 15.4.